The van der Waals surface area contributed by atoms with Gasteiger partial charge in [-0.3, -0.25) is 0 Å². The predicted octanol–water partition coefficient (Wildman–Crippen LogP) is 3.14. The molecule has 1 aliphatic heterocycles. The topological polar surface area (TPSA) is 74.6 Å². The van der Waals surface area contributed by atoms with Crippen LogP contribution in [0.3, 0.4) is 0 Å². The molecule has 8 heteroatoms. The molecule has 7 nitrogen and oxygen atoms in total. The molecule has 0 saturated heterocycles. The number of hydrogen-bond acceptors (Lipinski definition) is 5. The van der Waals surface area contributed by atoms with Crippen molar-refractivity contribution in [2.24, 2.45) is 0 Å². The third kappa shape index (κ3) is 2.32. The fourth-order valence-electron chi connectivity index (χ4n) is 3.16. The lowest BCUT2D eigenvalue weighted by Crippen LogP contribution is -2.06. The third-order valence-corrected chi connectivity index (χ3v) is 4.87. The second-order valence-corrected chi connectivity index (χ2v) is 6.89. The first kappa shape index (κ1) is 14.6. The number of imidazole rings is 1. The highest BCUT2D eigenvalue weighted by molar-refractivity contribution is 9.10. The summed E-state index contributed by atoms with van der Waals surface area (Å²) < 4.78 is 10.2. The number of fused-ring (bicyclic) bond motifs is 5. The Labute approximate surface area is 151 Å². The SMILES string of the molecule is Cc1ncn2c1Cn1nc(Cc3ccno3)nc1-c1cc(Br)ccc1-2. The summed E-state index contributed by atoms with van der Waals surface area (Å²) in [6, 6.07) is 8.00. The summed E-state index contributed by atoms with van der Waals surface area (Å²) in [4.78, 5) is 9.24. The van der Waals surface area contributed by atoms with Crippen LogP contribution in [0.2, 0.25) is 0 Å². The molecule has 0 unspecified atom stereocenters. The smallest absolute Gasteiger partial charge is 0.160 e. The Kier molecular flexibility index (Phi) is 3.14. The molecule has 0 amide bonds. The zero-order valence-electron chi connectivity index (χ0n) is 13.3. The Balaban J connectivity index is 1.70. The highest BCUT2D eigenvalue weighted by Gasteiger charge is 2.24. The van der Waals surface area contributed by atoms with Crippen LogP contribution in [0.25, 0.3) is 17.1 Å². The number of aryl methyl sites for hydroxylation is 1. The summed E-state index contributed by atoms with van der Waals surface area (Å²) in [5.41, 5.74) is 4.17. The van der Waals surface area contributed by atoms with Gasteiger partial charge in [0.2, 0.25) is 0 Å². The molecule has 1 aliphatic rings. The van der Waals surface area contributed by atoms with Crippen molar-refractivity contribution < 1.29 is 4.52 Å². The highest BCUT2D eigenvalue weighted by Crippen LogP contribution is 2.33. The highest BCUT2D eigenvalue weighted by atomic mass is 79.9. The molecule has 0 bridgehead atoms. The number of halogens is 1. The van der Waals surface area contributed by atoms with E-state index in [1.807, 2.05) is 30.1 Å². The number of nitrogens with zero attached hydrogens (tertiary/aromatic N) is 6. The molecule has 25 heavy (non-hydrogen) atoms. The van der Waals surface area contributed by atoms with Crippen LogP contribution in [-0.4, -0.2) is 29.5 Å². The molecule has 3 aromatic heterocycles. The van der Waals surface area contributed by atoms with E-state index in [1.165, 1.54) is 0 Å². The van der Waals surface area contributed by atoms with Crippen molar-refractivity contribution in [3.05, 3.63) is 64.2 Å². The van der Waals surface area contributed by atoms with Gasteiger partial charge < -0.3 is 9.09 Å². The van der Waals surface area contributed by atoms with E-state index in [9.17, 15) is 0 Å². The molecule has 1 aromatic carbocycles. The van der Waals surface area contributed by atoms with Gasteiger partial charge >= 0.3 is 0 Å². The molecule has 5 rings (SSSR count). The molecule has 0 atom stereocenters. The summed E-state index contributed by atoms with van der Waals surface area (Å²) in [6.07, 6.45) is 4.01. The van der Waals surface area contributed by atoms with Crippen LogP contribution in [0, 0.1) is 6.92 Å². The van der Waals surface area contributed by atoms with Crippen molar-refractivity contribution in [2.75, 3.05) is 0 Å². The fraction of sp³-hybridized carbons (Fsp3) is 0.176. The average Bonchev–Trinajstić information content (AvgIpc) is 3.30. The van der Waals surface area contributed by atoms with Gasteiger partial charge in [-0.25, -0.2) is 14.6 Å². The minimum atomic E-state index is 0.515. The van der Waals surface area contributed by atoms with Crippen molar-refractivity contribution in [3.8, 4) is 17.1 Å². The lowest BCUT2D eigenvalue weighted by Gasteiger charge is -2.08. The van der Waals surface area contributed by atoms with Crippen LogP contribution in [0.4, 0.5) is 0 Å². The van der Waals surface area contributed by atoms with Crippen LogP contribution < -0.4 is 0 Å². The lowest BCUT2D eigenvalue weighted by molar-refractivity contribution is 0.387. The molecule has 4 heterocycles. The quantitative estimate of drug-likeness (QED) is 0.458. The van der Waals surface area contributed by atoms with E-state index in [-0.39, 0.29) is 0 Å². The zero-order chi connectivity index (χ0) is 17.0. The van der Waals surface area contributed by atoms with E-state index in [0.29, 0.717) is 18.8 Å². The number of benzene rings is 1. The van der Waals surface area contributed by atoms with E-state index in [0.717, 1.165) is 38.7 Å². The first-order valence-corrected chi connectivity index (χ1v) is 8.65. The molecular weight excluding hydrogens is 384 g/mol. The standard InChI is InChI=1S/C17H13BrN6O/c1-10-15-8-24-17(21-16(22-24)7-12-4-5-20-25-12)13-6-11(18)2-3-14(13)23(15)9-19-10/h2-6,9H,7-8H2,1H3. The first-order chi connectivity index (χ1) is 12.2. The van der Waals surface area contributed by atoms with Crippen LogP contribution in [0.1, 0.15) is 23.0 Å². The normalized spacial score (nSPS) is 12.4. The van der Waals surface area contributed by atoms with Gasteiger partial charge in [-0.1, -0.05) is 21.1 Å². The Morgan fingerprint density at radius 3 is 3.04 bits per heavy atom. The van der Waals surface area contributed by atoms with E-state index < -0.39 is 0 Å². The second-order valence-electron chi connectivity index (χ2n) is 5.97. The van der Waals surface area contributed by atoms with Gasteiger partial charge in [-0.05, 0) is 25.1 Å². The van der Waals surface area contributed by atoms with Crippen LogP contribution in [0.5, 0.6) is 0 Å². The number of rotatable bonds is 2. The lowest BCUT2D eigenvalue weighted by atomic mass is 10.1. The van der Waals surface area contributed by atoms with Gasteiger partial charge in [-0.15, -0.1) is 0 Å². The second kappa shape index (κ2) is 5.38. The Morgan fingerprint density at radius 2 is 2.20 bits per heavy atom. The van der Waals surface area contributed by atoms with Gasteiger partial charge in [0.05, 0.1) is 42.6 Å². The maximum absolute atomic E-state index is 5.18. The molecule has 0 aliphatic carbocycles. The third-order valence-electron chi connectivity index (χ3n) is 4.37. The largest absolute Gasteiger partial charge is 0.361 e. The maximum Gasteiger partial charge on any atom is 0.160 e. The van der Waals surface area contributed by atoms with Gasteiger partial charge in [0.25, 0.3) is 0 Å². The van der Waals surface area contributed by atoms with Crippen molar-refractivity contribution >= 4 is 15.9 Å². The van der Waals surface area contributed by atoms with E-state index in [1.54, 1.807) is 6.20 Å². The Bertz CT molecular complexity index is 1080. The monoisotopic (exact) mass is 396 g/mol. The van der Waals surface area contributed by atoms with Crippen molar-refractivity contribution in [1.82, 2.24) is 29.5 Å². The van der Waals surface area contributed by atoms with E-state index in [2.05, 4.69) is 42.8 Å². The maximum atomic E-state index is 5.18. The summed E-state index contributed by atoms with van der Waals surface area (Å²) in [7, 11) is 0. The van der Waals surface area contributed by atoms with Crippen LogP contribution in [0.15, 0.2) is 45.8 Å². The molecule has 0 saturated carbocycles. The minimum Gasteiger partial charge on any atom is -0.361 e. The number of hydrogen-bond donors (Lipinski definition) is 0. The molecule has 4 aromatic rings. The molecule has 0 fully saturated rings. The predicted molar refractivity (Wildman–Crippen MR) is 93.4 cm³/mol. The van der Waals surface area contributed by atoms with E-state index >= 15 is 0 Å². The zero-order valence-corrected chi connectivity index (χ0v) is 14.9. The summed E-state index contributed by atoms with van der Waals surface area (Å²) in [5.74, 6) is 2.30. The fourth-order valence-corrected chi connectivity index (χ4v) is 3.52. The minimum absolute atomic E-state index is 0.515. The number of aromatic nitrogens is 6. The van der Waals surface area contributed by atoms with Crippen LogP contribution >= 0.6 is 15.9 Å². The van der Waals surface area contributed by atoms with Gasteiger partial charge in [0.15, 0.2) is 11.6 Å². The summed E-state index contributed by atoms with van der Waals surface area (Å²) in [5, 5.41) is 8.44. The van der Waals surface area contributed by atoms with E-state index in [4.69, 9.17) is 14.6 Å². The van der Waals surface area contributed by atoms with Gasteiger partial charge in [0, 0.05) is 16.1 Å². The summed E-state index contributed by atoms with van der Waals surface area (Å²) >= 11 is 3.56. The molecule has 0 radical (unpaired) electrons. The van der Waals surface area contributed by atoms with Gasteiger partial charge in [-0.2, -0.15) is 5.10 Å². The Hall–Kier alpha value is -2.74. The molecular formula is C17H13BrN6O. The van der Waals surface area contributed by atoms with Crippen molar-refractivity contribution in [2.45, 2.75) is 19.9 Å². The van der Waals surface area contributed by atoms with Crippen molar-refractivity contribution in [1.29, 1.82) is 0 Å². The first-order valence-electron chi connectivity index (χ1n) is 7.85. The van der Waals surface area contributed by atoms with Crippen molar-refractivity contribution in [3.63, 3.8) is 0 Å². The Morgan fingerprint density at radius 1 is 1.28 bits per heavy atom. The van der Waals surface area contributed by atoms with Gasteiger partial charge in [0.1, 0.15) is 5.76 Å². The molecule has 124 valence electrons. The molecule has 0 spiro atoms. The average molecular weight is 397 g/mol. The molecule has 0 N–H and O–H groups in total. The van der Waals surface area contributed by atoms with Crippen LogP contribution in [-0.2, 0) is 13.0 Å². The summed E-state index contributed by atoms with van der Waals surface area (Å²) in [6.45, 7) is 2.64.